The molecule has 0 bridgehead atoms. The Kier molecular flexibility index (Phi) is 54.8. The van der Waals surface area contributed by atoms with Gasteiger partial charge in [0.15, 0.2) is 6.10 Å². The van der Waals surface area contributed by atoms with Crippen molar-refractivity contribution in [2.45, 2.75) is 297 Å². The number of esters is 3. The maximum atomic E-state index is 12.9. The lowest BCUT2D eigenvalue weighted by molar-refractivity contribution is -0.167. The minimum Gasteiger partial charge on any atom is -0.462 e. The van der Waals surface area contributed by atoms with Gasteiger partial charge in [-0.3, -0.25) is 14.4 Å². The van der Waals surface area contributed by atoms with Crippen LogP contribution in [0.25, 0.3) is 0 Å². The van der Waals surface area contributed by atoms with Crippen LogP contribution < -0.4 is 0 Å². The fraction of sp³-hybridized carbons (Fsp3) is 0.762. The largest absolute Gasteiger partial charge is 0.462 e. The van der Waals surface area contributed by atoms with Crippen LogP contribution in [0.4, 0.5) is 0 Å². The maximum Gasteiger partial charge on any atom is 0.306 e. The maximum absolute atomic E-state index is 12.9. The average molecular weight is 964 g/mol. The topological polar surface area (TPSA) is 78.9 Å². The van der Waals surface area contributed by atoms with Crippen molar-refractivity contribution >= 4 is 17.9 Å². The summed E-state index contributed by atoms with van der Waals surface area (Å²) in [7, 11) is 0. The number of ether oxygens (including phenoxy) is 3. The van der Waals surface area contributed by atoms with Crippen LogP contribution in [0.15, 0.2) is 72.9 Å². The highest BCUT2D eigenvalue weighted by molar-refractivity contribution is 5.71. The van der Waals surface area contributed by atoms with Gasteiger partial charge < -0.3 is 14.2 Å². The number of rotatable bonds is 53. The minimum atomic E-state index is -0.788. The van der Waals surface area contributed by atoms with Gasteiger partial charge in [-0.25, -0.2) is 0 Å². The van der Waals surface area contributed by atoms with Gasteiger partial charge in [0.05, 0.1) is 0 Å². The van der Waals surface area contributed by atoms with Crippen molar-refractivity contribution in [3.05, 3.63) is 72.9 Å². The first-order valence-corrected chi connectivity index (χ1v) is 29.4. The van der Waals surface area contributed by atoms with Gasteiger partial charge in [0.1, 0.15) is 13.2 Å². The molecule has 0 radical (unpaired) electrons. The molecule has 0 aliphatic carbocycles. The van der Waals surface area contributed by atoms with Crippen molar-refractivity contribution in [2.75, 3.05) is 13.2 Å². The molecule has 1 unspecified atom stereocenters. The summed E-state index contributed by atoms with van der Waals surface area (Å²) >= 11 is 0. The summed E-state index contributed by atoms with van der Waals surface area (Å²) in [6, 6.07) is 0. The van der Waals surface area contributed by atoms with Crippen LogP contribution in [0.5, 0.6) is 0 Å². The fourth-order valence-corrected chi connectivity index (χ4v) is 8.29. The van der Waals surface area contributed by atoms with Crippen LogP contribution in [-0.2, 0) is 28.6 Å². The van der Waals surface area contributed by atoms with Gasteiger partial charge in [-0.15, -0.1) is 0 Å². The molecule has 1 atom stereocenters. The van der Waals surface area contributed by atoms with Gasteiger partial charge in [0.2, 0.25) is 0 Å². The number of carbonyl (C=O) groups is 3. The molecule has 69 heavy (non-hydrogen) atoms. The third-order valence-corrected chi connectivity index (χ3v) is 12.7. The Morgan fingerprint density at radius 3 is 0.899 bits per heavy atom. The van der Waals surface area contributed by atoms with Gasteiger partial charge in [-0.2, -0.15) is 0 Å². The predicted molar refractivity (Wildman–Crippen MR) is 298 cm³/mol. The monoisotopic (exact) mass is 963 g/mol. The van der Waals surface area contributed by atoms with Crippen LogP contribution in [0, 0.1) is 0 Å². The van der Waals surface area contributed by atoms with E-state index in [0.717, 1.165) is 116 Å². The smallest absolute Gasteiger partial charge is 0.306 e. The second kappa shape index (κ2) is 57.4. The van der Waals surface area contributed by atoms with Gasteiger partial charge in [-0.05, 0) is 89.9 Å². The standard InChI is InChI=1S/C63H110O6/c1-4-7-10-13-16-19-22-25-28-31-32-33-36-38-41-44-47-50-53-56-62(65)68-59-60(69-63(66)57-54-51-48-45-42-39-35-30-27-24-21-18-15-12-9-6-3)58-67-61(64)55-52-49-46-43-40-37-34-29-26-23-20-17-14-11-8-5-2/h7,10,16,19,21,24-25,28,30,32-33,35,60H,4-6,8-9,11-15,17-18,20,22-23,26-27,29,31,34,36-59H2,1-3H3/b10-7-,19-16-,24-21-,28-25-,33-32-,35-30-. The molecule has 0 aliphatic heterocycles. The third-order valence-electron chi connectivity index (χ3n) is 12.7. The van der Waals surface area contributed by atoms with E-state index >= 15 is 0 Å². The normalized spacial score (nSPS) is 12.6. The fourth-order valence-electron chi connectivity index (χ4n) is 8.29. The summed E-state index contributed by atoms with van der Waals surface area (Å²) in [6.07, 6.45) is 73.1. The van der Waals surface area contributed by atoms with E-state index in [9.17, 15) is 14.4 Å². The van der Waals surface area contributed by atoms with Crippen LogP contribution in [-0.4, -0.2) is 37.2 Å². The number of allylic oxidation sites excluding steroid dienone is 12. The number of unbranched alkanes of at least 4 members (excludes halogenated alkanes) is 30. The summed E-state index contributed by atoms with van der Waals surface area (Å²) in [5.41, 5.74) is 0. The molecule has 0 fully saturated rings. The lowest BCUT2D eigenvalue weighted by atomic mass is 10.0. The number of hydrogen-bond donors (Lipinski definition) is 0. The van der Waals surface area contributed by atoms with E-state index in [1.165, 1.54) is 135 Å². The molecule has 0 amide bonds. The molecule has 0 spiro atoms. The quantitative estimate of drug-likeness (QED) is 0.0262. The van der Waals surface area contributed by atoms with Crippen LogP contribution in [0.1, 0.15) is 290 Å². The van der Waals surface area contributed by atoms with E-state index in [1.807, 2.05) is 0 Å². The molecule has 0 saturated carbocycles. The van der Waals surface area contributed by atoms with Crippen molar-refractivity contribution < 1.29 is 28.6 Å². The van der Waals surface area contributed by atoms with Crippen LogP contribution in [0.2, 0.25) is 0 Å². The Morgan fingerprint density at radius 1 is 0.304 bits per heavy atom. The van der Waals surface area contributed by atoms with E-state index in [2.05, 4.69) is 93.7 Å². The number of hydrogen-bond acceptors (Lipinski definition) is 6. The van der Waals surface area contributed by atoms with Gasteiger partial charge in [-0.1, -0.05) is 254 Å². The lowest BCUT2D eigenvalue weighted by Gasteiger charge is -2.18. The van der Waals surface area contributed by atoms with Crippen molar-refractivity contribution in [3.63, 3.8) is 0 Å². The van der Waals surface area contributed by atoms with Gasteiger partial charge >= 0.3 is 17.9 Å². The van der Waals surface area contributed by atoms with E-state index in [0.29, 0.717) is 19.3 Å². The Hall–Kier alpha value is -3.15. The van der Waals surface area contributed by atoms with Crippen LogP contribution >= 0.6 is 0 Å². The second-order valence-electron chi connectivity index (χ2n) is 19.5. The zero-order chi connectivity index (χ0) is 50.0. The molecule has 0 aromatic rings. The Bertz CT molecular complexity index is 1290. The Morgan fingerprint density at radius 2 is 0.565 bits per heavy atom. The summed E-state index contributed by atoms with van der Waals surface area (Å²) in [4.78, 5) is 38.2. The zero-order valence-corrected chi connectivity index (χ0v) is 45.6. The molecule has 0 aromatic heterocycles. The highest BCUT2D eigenvalue weighted by atomic mass is 16.6. The molecule has 0 N–H and O–H groups in total. The third kappa shape index (κ3) is 55.6. The second-order valence-corrected chi connectivity index (χ2v) is 19.5. The number of carbonyl (C=O) groups excluding carboxylic acids is 3. The molecular formula is C63H110O6. The van der Waals surface area contributed by atoms with Gasteiger partial charge in [0.25, 0.3) is 0 Å². The van der Waals surface area contributed by atoms with Crippen molar-refractivity contribution in [3.8, 4) is 0 Å². The van der Waals surface area contributed by atoms with E-state index < -0.39 is 6.10 Å². The zero-order valence-electron chi connectivity index (χ0n) is 45.6. The molecule has 0 aliphatic rings. The van der Waals surface area contributed by atoms with E-state index in [-0.39, 0.29) is 31.1 Å². The first-order valence-electron chi connectivity index (χ1n) is 29.4. The molecule has 398 valence electrons. The molecule has 0 saturated heterocycles. The molecule has 6 nitrogen and oxygen atoms in total. The van der Waals surface area contributed by atoms with Crippen LogP contribution in [0.3, 0.4) is 0 Å². The van der Waals surface area contributed by atoms with Crippen molar-refractivity contribution in [1.29, 1.82) is 0 Å². The molecule has 0 aromatic carbocycles. The molecular weight excluding hydrogens is 853 g/mol. The highest BCUT2D eigenvalue weighted by Crippen LogP contribution is 2.16. The summed E-state index contributed by atoms with van der Waals surface area (Å²) in [6.45, 7) is 6.51. The summed E-state index contributed by atoms with van der Waals surface area (Å²) in [5, 5.41) is 0. The first kappa shape index (κ1) is 65.8. The summed E-state index contributed by atoms with van der Waals surface area (Å²) < 4.78 is 16.9. The molecule has 0 heterocycles. The molecule has 6 heteroatoms. The lowest BCUT2D eigenvalue weighted by Crippen LogP contribution is -2.30. The Balaban J connectivity index is 4.41. The van der Waals surface area contributed by atoms with E-state index in [4.69, 9.17) is 14.2 Å². The molecule has 0 rings (SSSR count). The van der Waals surface area contributed by atoms with Crippen molar-refractivity contribution in [1.82, 2.24) is 0 Å². The first-order chi connectivity index (χ1) is 34.0. The minimum absolute atomic E-state index is 0.0834. The predicted octanol–water partition coefficient (Wildman–Crippen LogP) is 19.8. The van der Waals surface area contributed by atoms with Gasteiger partial charge in [0, 0.05) is 19.3 Å². The van der Waals surface area contributed by atoms with E-state index in [1.54, 1.807) is 0 Å². The van der Waals surface area contributed by atoms with Crippen molar-refractivity contribution in [2.24, 2.45) is 0 Å². The highest BCUT2D eigenvalue weighted by Gasteiger charge is 2.19. The Labute approximate surface area is 427 Å². The summed E-state index contributed by atoms with van der Waals surface area (Å²) in [5.74, 6) is -0.900. The SMILES string of the molecule is CC/C=C\C/C=C\C/C=C\C/C=C\CCCCCCCCC(=O)OCC(COC(=O)CCCCCCCCCCCCCCCCCC)OC(=O)CCCCCCC/C=C\C/C=C\CCCCCC. The average Bonchev–Trinajstić information content (AvgIpc) is 3.35.